The van der Waals surface area contributed by atoms with Gasteiger partial charge >= 0.3 is 6.03 Å². The summed E-state index contributed by atoms with van der Waals surface area (Å²) in [5, 5.41) is 0. The number of imide groups is 2. The number of benzene rings is 1. The first-order valence-electron chi connectivity index (χ1n) is 12.2. The lowest BCUT2D eigenvalue weighted by Crippen LogP contribution is -2.67. The van der Waals surface area contributed by atoms with E-state index in [1.807, 2.05) is 16.7 Å². The first-order chi connectivity index (χ1) is 17.3. The molecule has 10 nitrogen and oxygen atoms in total. The minimum atomic E-state index is -1.47. The zero-order valence-corrected chi connectivity index (χ0v) is 20.3. The third kappa shape index (κ3) is 3.42. The van der Waals surface area contributed by atoms with E-state index < -0.39 is 23.3 Å². The highest BCUT2D eigenvalue weighted by Crippen LogP contribution is 2.40. The molecule has 4 amide bonds. The number of hydrogen-bond acceptors (Lipinski definition) is 7. The van der Waals surface area contributed by atoms with E-state index in [9.17, 15) is 19.2 Å². The number of piperidine rings is 1. The monoisotopic (exact) mass is 492 g/mol. The van der Waals surface area contributed by atoms with Crippen molar-refractivity contribution in [3.63, 3.8) is 0 Å². The van der Waals surface area contributed by atoms with Crippen molar-refractivity contribution in [2.45, 2.75) is 25.3 Å². The van der Waals surface area contributed by atoms with Gasteiger partial charge in [0, 0.05) is 58.0 Å². The molecule has 0 saturated carbocycles. The average Bonchev–Trinajstić information content (AvgIpc) is 3.34. The summed E-state index contributed by atoms with van der Waals surface area (Å²) in [6, 6.07) is 10.2. The lowest BCUT2D eigenvalue weighted by molar-refractivity contribution is -0.159. The van der Waals surface area contributed by atoms with Crippen molar-refractivity contribution in [2.75, 3.05) is 40.5 Å². The summed E-state index contributed by atoms with van der Waals surface area (Å²) < 4.78 is 12.8. The number of aromatic nitrogens is 1. The zero-order chi connectivity index (χ0) is 25.2. The number of rotatable bonds is 4. The summed E-state index contributed by atoms with van der Waals surface area (Å²) in [5.41, 5.74) is 0.298. The molecule has 0 spiro atoms. The first-order valence-corrected chi connectivity index (χ1v) is 12.2. The van der Waals surface area contributed by atoms with Gasteiger partial charge in [0.2, 0.25) is 18.6 Å². The van der Waals surface area contributed by atoms with Crippen LogP contribution in [0, 0.1) is 11.3 Å². The van der Waals surface area contributed by atoms with Crippen molar-refractivity contribution in [3.05, 3.63) is 58.0 Å². The third-order valence-corrected chi connectivity index (χ3v) is 7.99. The average molecular weight is 493 g/mol. The standard InChI is InChI=1S/C26H28N4O6/c1-27-23(32)26(24(33)28(2)25(27)34,10-16-6-7-20-21(9-16)36-15-35-20)14-29-11-17-8-18(13-29)19-4-3-5-22(31)30(19)12-17/h3-7,9,17-18H,8,10-15H2,1-2H3/t17-,18+/m1/s1. The Labute approximate surface area is 208 Å². The minimum Gasteiger partial charge on any atom is -0.454 e. The number of ether oxygens (including phenoxy) is 2. The van der Waals surface area contributed by atoms with Gasteiger partial charge in [-0.05, 0) is 42.5 Å². The van der Waals surface area contributed by atoms with E-state index in [0.29, 0.717) is 31.1 Å². The molecular weight excluding hydrogens is 464 g/mol. The van der Waals surface area contributed by atoms with Gasteiger partial charge in [-0.1, -0.05) is 12.1 Å². The van der Waals surface area contributed by atoms with Gasteiger partial charge < -0.3 is 18.9 Å². The Morgan fingerprint density at radius 2 is 1.67 bits per heavy atom. The van der Waals surface area contributed by atoms with Crippen LogP contribution in [-0.4, -0.2) is 77.6 Å². The van der Waals surface area contributed by atoms with Crippen molar-refractivity contribution in [2.24, 2.45) is 11.3 Å². The van der Waals surface area contributed by atoms with Gasteiger partial charge in [0.15, 0.2) is 11.5 Å². The summed E-state index contributed by atoms with van der Waals surface area (Å²) >= 11 is 0. The zero-order valence-electron chi connectivity index (χ0n) is 20.3. The summed E-state index contributed by atoms with van der Waals surface area (Å²) in [4.78, 5) is 56.8. The van der Waals surface area contributed by atoms with Crippen LogP contribution in [0.4, 0.5) is 4.79 Å². The second kappa shape index (κ2) is 8.19. The topological polar surface area (TPSA) is 101 Å². The van der Waals surface area contributed by atoms with Crippen LogP contribution in [0.15, 0.2) is 41.2 Å². The Kier molecular flexibility index (Phi) is 5.18. The number of urea groups is 1. The molecule has 4 aliphatic rings. The smallest absolute Gasteiger partial charge is 0.332 e. The summed E-state index contributed by atoms with van der Waals surface area (Å²) in [6.07, 6.45) is 1.10. The number of hydrogen-bond donors (Lipinski definition) is 0. The number of carbonyl (C=O) groups excluding carboxylic acids is 3. The Balaban J connectivity index is 1.35. The maximum absolute atomic E-state index is 13.7. The van der Waals surface area contributed by atoms with Crippen LogP contribution in [0.25, 0.3) is 0 Å². The van der Waals surface area contributed by atoms with E-state index in [4.69, 9.17) is 9.47 Å². The number of fused-ring (bicyclic) bond motifs is 5. The van der Waals surface area contributed by atoms with Gasteiger partial charge in [-0.15, -0.1) is 0 Å². The molecule has 0 N–H and O–H groups in total. The highest BCUT2D eigenvalue weighted by atomic mass is 16.7. The van der Waals surface area contributed by atoms with Crippen LogP contribution in [0.5, 0.6) is 11.5 Å². The van der Waals surface area contributed by atoms with Gasteiger partial charge in [-0.25, -0.2) is 4.79 Å². The van der Waals surface area contributed by atoms with Crippen LogP contribution < -0.4 is 15.0 Å². The number of carbonyl (C=O) groups is 3. The molecule has 4 aliphatic heterocycles. The van der Waals surface area contributed by atoms with Crippen molar-refractivity contribution in [3.8, 4) is 11.5 Å². The van der Waals surface area contributed by atoms with E-state index in [1.165, 1.54) is 14.1 Å². The molecule has 2 atom stereocenters. The Morgan fingerprint density at radius 1 is 0.917 bits per heavy atom. The molecular formula is C26H28N4O6. The summed E-state index contributed by atoms with van der Waals surface area (Å²) in [5.74, 6) is 0.577. The second-order valence-electron chi connectivity index (χ2n) is 10.3. The molecule has 10 heteroatoms. The molecule has 6 rings (SSSR count). The molecule has 188 valence electrons. The fraction of sp³-hybridized carbons (Fsp3) is 0.462. The van der Waals surface area contributed by atoms with Gasteiger partial charge in [0.05, 0.1) is 0 Å². The van der Waals surface area contributed by atoms with E-state index in [2.05, 4.69) is 4.90 Å². The molecule has 2 bridgehead atoms. The molecule has 36 heavy (non-hydrogen) atoms. The predicted octanol–water partition coefficient (Wildman–Crippen LogP) is 1.28. The van der Waals surface area contributed by atoms with Crippen LogP contribution in [0.3, 0.4) is 0 Å². The predicted molar refractivity (Wildman–Crippen MR) is 128 cm³/mol. The fourth-order valence-corrected chi connectivity index (χ4v) is 6.38. The quantitative estimate of drug-likeness (QED) is 0.593. The lowest BCUT2D eigenvalue weighted by Gasteiger charge is -2.48. The molecule has 0 unspecified atom stereocenters. The SMILES string of the molecule is CN1C(=O)N(C)C(=O)C(Cc2ccc3c(c2)OCO3)(CN2C[C@H]3C[C@@H](C2)c2cccc(=O)n2C3)C1=O. The molecule has 2 fully saturated rings. The maximum Gasteiger partial charge on any atom is 0.332 e. The van der Waals surface area contributed by atoms with Gasteiger partial charge in [-0.3, -0.25) is 24.2 Å². The normalized spacial score (nSPS) is 24.8. The molecule has 1 aromatic carbocycles. The molecule has 0 aliphatic carbocycles. The molecule has 2 aromatic rings. The van der Waals surface area contributed by atoms with Crippen LogP contribution >= 0.6 is 0 Å². The molecule has 2 saturated heterocycles. The number of amides is 4. The van der Waals surface area contributed by atoms with Crippen LogP contribution in [-0.2, 0) is 22.6 Å². The summed E-state index contributed by atoms with van der Waals surface area (Å²) in [6.45, 7) is 2.23. The van der Waals surface area contributed by atoms with Gasteiger partial charge in [-0.2, -0.15) is 0 Å². The maximum atomic E-state index is 13.7. The molecule has 0 radical (unpaired) electrons. The molecule has 1 aromatic heterocycles. The molecule has 5 heterocycles. The van der Waals surface area contributed by atoms with Gasteiger partial charge in [0.1, 0.15) is 5.41 Å². The van der Waals surface area contributed by atoms with Crippen LogP contribution in [0.2, 0.25) is 0 Å². The fourth-order valence-electron chi connectivity index (χ4n) is 6.38. The van der Waals surface area contributed by atoms with Gasteiger partial charge in [0.25, 0.3) is 5.56 Å². The van der Waals surface area contributed by atoms with Crippen molar-refractivity contribution < 1.29 is 23.9 Å². The van der Waals surface area contributed by atoms with Crippen molar-refractivity contribution >= 4 is 17.8 Å². The van der Waals surface area contributed by atoms with Crippen molar-refractivity contribution in [1.29, 1.82) is 0 Å². The van der Waals surface area contributed by atoms with E-state index in [0.717, 1.165) is 27.5 Å². The first kappa shape index (κ1) is 22.8. The number of barbiturate groups is 1. The Bertz CT molecular complexity index is 1310. The third-order valence-electron chi connectivity index (χ3n) is 7.99. The number of nitrogens with zero attached hydrogens (tertiary/aromatic N) is 4. The number of likely N-dealkylation sites (tertiary alicyclic amines) is 1. The van der Waals surface area contributed by atoms with E-state index in [-0.39, 0.29) is 37.2 Å². The largest absolute Gasteiger partial charge is 0.454 e. The van der Waals surface area contributed by atoms with Crippen LogP contribution in [0.1, 0.15) is 23.6 Å². The second-order valence-corrected chi connectivity index (χ2v) is 10.3. The number of pyridine rings is 1. The van der Waals surface area contributed by atoms with E-state index >= 15 is 0 Å². The summed E-state index contributed by atoms with van der Waals surface area (Å²) in [7, 11) is 2.85. The highest BCUT2D eigenvalue weighted by Gasteiger charge is 2.56. The van der Waals surface area contributed by atoms with E-state index in [1.54, 1.807) is 24.3 Å². The highest BCUT2D eigenvalue weighted by molar-refractivity contribution is 6.19. The lowest BCUT2D eigenvalue weighted by atomic mass is 9.75. The van der Waals surface area contributed by atoms with Crippen molar-refractivity contribution in [1.82, 2.24) is 19.3 Å². The minimum absolute atomic E-state index is 0.00864. The Morgan fingerprint density at radius 3 is 2.44 bits per heavy atom. The Hall–Kier alpha value is -3.66.